The molecule has 1 aliphatic heterocycles. The average Bonchev–Trinajstić information content (AvgIpc) is 3.39. The number of nitrogens with two attached hydrogens (primary N) is 1. The molecule has 2 aromatic carbocycles. The van der Waals surface area contributed by atoms with E-state index in [9.17, 15) is 36.7 Å². The maximum atomic E-state index is 13.7. The first-order valence-corrected chi connectivity index (χ1v) is 14.3. The molecule has 0 radical (unpaired) electrons. The van der Waals surface area contributed by atoms with Gasteiger partial charge < -0.3 is 26.8 Å². The van der Waals surface area contributed by atoms with Gasteiger partial charge in [0, 0.05) is 37.7 Å². The summed E-state index contributed by atoms with van der Waals surface area (Å²) >= 11 is 0. The summed E-state index contributed by atoms with van der Waals surface area (Å²) in [6.45, 7) is 0.416. The van der Waals surface area contributed by atoms with Crippen molar-refractivity contribution in [2.45, 2.75) is 55.5 Å². The standard InChI is InChI=1S/C26H32F2N6O6S/c27-17-13-18(28)15-20(14-17)41(39,40)34-11-3-4-22(34)24(36)33-21(25(37)38)12-16-6-8-19(9-7-16)32-23(35)5-1-2-10-31-26(29)30/h6-9,13-15,21-22H,1-5,10-12H2,(H,32,35)(H,33,36)(H,37,38)(H4,29,30,31)/t21-,22-/m0/s1. The molecule has 41 heavy (non-hydrogen) atoms. The number of nitrogens with one attached hydrogen (secondary N) is 4. The Balaban J connectivity index is 1.59. The topological polar surface area (TPSA) is 195 Å². The Morgan fingerprint density at radius 3 is 2.37 bits per heavy atom. The Bertz CT molecular complexity index is 1370. The van der Waals surface area contributed by atoms with Crippen LogP contribution < -0.4 is 21.7 Å². The van der Waals surface area contributed by atoms with Gasteiger partial charge in [0.2, 0.25) is 21.8 Å². The zero-order chi connectivity index (χ0) is 30.2. The van der Waals surface area contributed by atoms with Crippen molar-refractivity contribution in [3.05, 3.63) is 59.7 Å². The molecular formula is C26H32F2N6O6S. The molecule has 15 heteroatoms. The molecule has 0 bridgehead atoms. The zero-order valence-electron chi connectivity index (χ0n) is 22.0. The first-order chi connectivity index (χ1) is 19.4. The van der Waals surface area contributed by atoms with Crippen LogP contribution in [-0.2, 0) is 30.8 Å². The quantitative estimate of drug-likeness (QED) is 0.114. The van der Waals surface area contributed by atoms with Gasteiger partial charge in [-0.2, -0.15) is 4.31 Å². The van der Waals surface area contributed by atoms with Crippen LogP contribution in [0.1, 0.15) is 37.7 Å². The number of guanidine groups is 1. The van der Waals surface area contributed by atoms with Crippen LogP contribution in [0.2, 0.25) is 0 Å². The molecule has 12 nitrogen and oxygen atoms in total. The van der Waals surface area contributed by atoms with Crippen LogP contribution in [-0.4, -0.2) is 66.7 Å². The summed E-state index contributed by atoms with van der Waals surface area (Å²) in [5.41, 5.74) is 6.23. The van der Waals surface area contributed by atoms with Crippen molar-refractivity contribution in [2.75, 3.05) is 18.4 Å². The Hall–Kier alpha value is -4.11. The van der Waals surface area contributed by atoms with Crippen LogP contribution >= 0.6 is 0 Å². The second kappa shape index (κ2) is 14.0. The smallest absolute Gasteiger partial charge is 0.326 e. The Kier molecular flexibility index (Phi) is 10.7. The van der Waals surface area contributed by atoms with Gasteiger partial charge in [0.15, 0.2) is 5.96 Å². The summed E-state index contributed by atoms with van der Waals surface area (Å²) in [6, 6.07) is 5.59. The third-order valence-corrected chi connectivity index (χ3v) is 8.27. The third-order valence-electron chi connectivity index (χ3n) is 6.39. The van der Waals surface area contributed by atoms with Crippen molar-refractivity contribution in [1.29, 1.82) is 5.41 Å². The lowest BCUT2D eigenvalue weighted by Gasteiger charge is -2.25. The lowest BCUT2D eigenvalue weighted by molar-refractivity contribution is -0.142. The molecule has 0 unspecified atom stereocenters. The number of halogens is 2. The molecule has 2 atom stereocenters. The fourth-order valence-corrected chi connectivity index (χ4v) is 6.09. The van der Waals surface area contributed by atoms with E-state index in [-0.39, 0.29) is 37.7 Å². The number of amides is 2. The molecule has 1 aliphatic rings. The van der Waals surface area contributed by atoms with Gasteiger partial charge in [0.1, 0.15) is 23.7 Å². The fraction of sp³-hybridized carbons (Fsp3) is 0.385. The molecule has 2 aromatic rings. The molecule has 2 amide bonds. The summed E-state index contributed by atoms with van der Waals surface area (Å²) in [5.74, 6) is -4.69. The summed E-state index contributed by atoms with van der Waals surface area (Å²) < 4.78 is 54.2. The second-order valence-corrected chi connectivity index (χ2v) is 11.4. The summed E-state index contributed by atoms with van der Waals surface area (Å²) in [5, 5.41) is 24.6. The number of carboxylic acid groups (broad SMARTS) is 1. The second-order valence-electron chi connectivity index (χ2n) is 9.53. The normalized spacial score (nSPS) is 16.1. The number of benzene rings is 2. The molecule has 0 saturated carbocycles. The van der Waals surface area contributed by atoms with E-state index in [1.807, 2.05) is 0 Å². The van der Waals surface area contributed by atoms with Crippen molar-refractivity contribution >= 4 is 39.5 Å². The van der Waals surface area contributed by atoms with Gasteiger partial charge in [-0.15, -0.1) is 0 Å². The van der Waals surface area contributed by atoms with Crippen LogP contribution in [0.15, 0.2) is 47.4 Å². The van der Waals surface area contributed by atoms with Crippen molar-refractivity contribution in [1.82, 2.24) is 14.9 Å². The first kappa shape index (κ1) is 31.4. The van der Waals surface area contributed by atoms with Gasteiger partial charge in [-0.25, -0.2) is 22.0 Å². The summed E-state index contributed by atoms with van der Waals surface area (Å²) in [6.07, 6.45) is 1.79. The molecule has 0 aliphatic carbocycles. The molecule has 3 rings (SSSR count). The first-order valence-electron chi connectivity index (χ1n) is 12.8. The van der Waals surface area contributed by atoms with Gasteiger partial charge in [-0.3, -0.25) is 15.0 Å². The average molecular weight is 595 g/mol. The highest BCUT2D eigenvalue weighted by Gasteiger charge is 2.40. The number of carboxylic acids is 1. The molecular weight excluding hydrogens is 562 g/mol. The van der Waals surface area contributed by atoms with E-state index in [0.717, 1.165) is 4.31 Å². The van der Waals surface area contributed by atoms with E-state index in [1.165, 1.54) is 0 Å². The van der Waals surface area contributed by atoms with Crippen LogP contribution in [0, 0.1) is 17.0 Å². The van der Waals surface area contributed by atoms with E-state index >= 15 is 0 Å². The number of sulfonamides is 1. The van der Waals surface area contributed by atoms with Crippen molar-refractivity contribution in [2.24, 2.45) is 5.73 Å². The van der Waals surface area contributed by atoms with Gasteiger partial charge in [-0.1, -0.05) is 12.1 Å². The van der Waals surface area contributed by atoms with Crippen LogP contribution in [0.3, 0.4) is 0 Å². The number of unbranched alkanes of at least 4 members (excludes halogenated alkanes) is 1. The lowest BCUT2D eigenvalue weighted by Crippen LogP contribution is -2.51. The SMILES string of the molecule is N=C(N)NCCCCC(=O)Nc1ccc(C[C@H](NC(=O)[C@@H]2CCCN2S(=O)(=O)c2cc(F)cc(F)c2)C(=O)O)cc1. The third kappa shape index (κ3) is 8.94. The predicted octanol–water partition coefficient (Wildman–Crippen LogP) is 1.52. The zero-order valence-corrected chi connectivity index (χ0v) is 22.8. The molecule has 1 saturated heterocycles. The number of carbonyl (C=O) groups excluding carboxylic acids is 2. The minimum absolute atomic E-state index is 0.0707. The van der Waals surface area contributed by atoms with Crippen LogP contribution in [0.4, 0.5) is 14.5 Å². The largest absolute Gasteiger partial charge is 0.480 e. The van der Waals surface area contributed by atoms with Crippen molar-refractivity contribution in [3.8, 4) is 0 Å². The Labute approximate surface area is 235 Å². The van der Waals surface area contributed by atoms with E-state index in [1.54, 1.807) is 24.3 Å². The Morgan fingerprint density at radius 2 is 1.76 bits per heavy atom. The van der Waals surface area contributed by atoms with Crippen LogP contribution in [0.5, 0.6) is 0 Å². The number of hydrogen-bond donors (Lipinski definition) is 6. The molecule has 1 heterocycles. The minimum atomic E-state index is -4.43. The number of anilines is 1. The molecule has 7 N–H and O–H groups in total. The minimum Gasteiger partial charge on any atom is -0.480 e. The maximum Gasteiger partial charge on any atom is 0.326 e. The number of nitrogens with zero attached hydrogens (tertiary/aromatic N) is 1. The van der Waals surface area contributed by atoms with Gasteiger partial charge >= 0.3 is 5.97 Å². The number of hydrogen-bond acceptors (Lipinski definition) is 6. The molecule has 0 spiro atoms. The summed E-state index contributed by atoms with van der Waals surface area (Å²) in [4.78, 5) is 36.4. The number of rotatable bonds is 13. The predicted molar refractivity (Wildman–Crippen MR) is 145 cm³/mol. The van der Waals surface area contributed by atoms with Crippen LogP contribution in [0.25, 0.3) is 0 Å². The van der Waals surface area contributed by atoms with E-state index in [2.05, 4.69) is 16.0 Å². The summed E-state index contributed by atoms with van der Waals surface area (Å²) in [7, 11) is -4.43. The maximum absolute atomic E-state index is 13.7. The monoisotopic (exact) mass is 594 g/mol. The van der Waals surface area contributed by atoms with E-state index < -0.39 is 50.5 Å². The number of aliphatic carboxylic acids is 1. The van der Waals surface area contributed by atoms with E-state index in [0.29, 0.717) is 55.3 Å². The number of carbonyl (C=O) groups is 3. The van der Waals surface area contributed by atoms with Gasteiger partial charge in [0.05, 0.1) is 4.90 Å². The molecule has 1 fully saturated rings. The Morgan fingerprint density at radius 1 is 1.10 bits per heavy atom. The molecule has 222 valence electrons. The van der Waals surface area contributed by atoms with E-state index in [4.69, 9.17) is 11.1 Å². The van der Waals surface area contributed by atoms with Gasteiger partial charge in [-0.05, 0) is 55.5 Å². The van der Waals surface area contributed by atoms with Crippen molar-refractivity contribution in [3.63, 3.8) is 0 Å². The fourth-order valence-electron chi connectivity index (χ4n) is 4.39. The highest BCUT2D eigenvalue weighted by molar-refractivity contribution is 7.89. The highest BCUT2D eigenvalue weighted by Crippen LogP contribution is 2.27. The lowest BCUT2D eigenvalue weighted by atomic mass is 10.0. The van der Waals surface area contributed by atoms with Crippen molar-refractivity contribution < 1.29 is 36.7 Å². The highest BCUT2D eigenvalue weighted by atomic mass is 32.2. The molecule has 0 aromatic heterocycles. The van der Waals surface area contributed by atoms with Gasteiger partial charge in [0.25, 0.3) is 0 Å².